The van der Waals surface area contributed by atoms with E-state index in [0.717, 1.165) is 5.69 Å². The second-order valence-corrected chi connectivity index (χ2v) is 4.42. The molecule has 0 aromatic carbocycles. The summed E-state index contributed by atoms with van der Waals surface area (Å²) in [4.78, 5) is 13.5. The Bertz CT molecular complexity index is 324. The van der Waals surface area contributed by atoms with Crippen LogP contribution in [0.5, 0.6) is 0 Å². The maximum absolute atomic E-state index is 11.9. The molecule has 0 aliphatic heterocycles. The average molecular weight is 261 g/mol. The number of carbonyl (C=O) groups is 1. The van der Waals surface area contributed by atoms with Gasteiger partial charge in [0.15, 0.2) is 0 Å². The number of amides is 1. The first-order valence-electron chi connectivity index (χ1n) is 5.45. The van der Waals surface area contributed by atoms with E-state index in [-0.39, 0.29) is 30.3 Å². The van der Waals surface area contributed by atoms with E-state index in [1.54, 1.807) is 25.2 Å². The third-order valence-corrected chi connectivity index (χ3v) is 2.44. The van der Waals surface area contributed by atoms with Crippen molar-refractivity contribution < 1.29 is 4.79 Å². The molecule has 98 valence electrons. The van der Waals surface area contributed by atoms with Gasteiger partial charge in [-0.3, -0.25) is 15.2 Å². The van der Waals surface area contributed by atoms with Crippen LogP contribution < -0.4 is 5.32 Å². The van der Waals surface area contributed by atoms with E-state index < -0.39 is 0 Å². The van der Waals surface area contributed by atoms with Gasteiger partial charge in [-0.2, -0.15) is 5.10 Å². The number of likely N-dealkylation sites (N-methyl/N-ethyl adjacent to an activating group) is 1. The fourth-order valence-corrected chi connectivity index (χ4v) is 1.49. The molecule has 5 nitrogen and oxygen atoms in total. The van der Waals surface area contributed by atoms with Gasteiger partial charge in [-0.1, -0.05) is 13.8 Å². The van der Waals surface area contributed by atoms with E-state index in [1.807, 2.05) is 19.9 Å². The molecule has 1 rings (SSSR count). The molecule has 0 aliphatic rings. The molecule has 0 radical (unpaired) electrons. The van der Waals surface area contributed by atoms with Crippen LogP contribution >= 0.6 is 12.4 Å². The summed E-state index contributed by atoms with van der Waals surface area (Å²) >= 11 is 0. The molecule has 1 unspecified atom stereocenters. The largest absolute Gasteiger partial charge is 0.347 e. The summed E-state index contributed by atoms with van der Waals surface area (Å²) in [5.41, 5.74) is 0.984. The second kappa shape index (κ2) is 7.29. The minimum atomic E-state index is -0.154. The van der Waals surface area contributed by atoms with E-state index in [1.165, 1.54) is 0 Å². The molecule has 0 saturated carbocycles. The zero-order chi connectivity index (χ0) is 12.1. The van der Waals surface area contributed by atoms with Crippen LogP contribution in [-0.4, -0.2) is 41.1 Å². The van der Waals surface area contributed by atoms with Gasteiger partial charge in [-0.25, -0.2) is 0 Å². The highest BCUT2D eigenvalue weighted by Gasteiger charge is 2.22. The summed E-state index contributed by atoms with van der Waals surface area (Å²) < 4.78 is 0. The van der Waals surface area contributed by atoms with E-state index in [9.17, 15) is 4.79 Å². The fourth-order valence-electron chi connectivity index (χ4n) is 1.49. The SMILES string of the molecule is CC(C)C(NCc1ccn[nH]1)C(=O)N(C)C.Cl. The predicted octanol–water partition coefficient (Wildman–Crippen LogP) is 1.03. The minimum Gasteiger partial charge on any atom is -0.347 e. The van der Waals surface area contributed by atoms with E-state index in [0.29, 0.717) is 6.54 Å². The Labute approximate surface area is 108 Å². The van der Waals surface area contributed by atoms with Gasteiger partial charge >= 0.3 is 0 Å². The molecule has 6 heteroatoms. The van der Waals surface area contributed by atoms with Crippen LogP contribution in [0, 0.1) is 5.92 Å². The standard InChI is InChI=1S/C11H20N4O.ClH/c1-8(2)10(11(16)15(3)4)12-7-9-5-6-13-14-9;/h5-6,8,10,12H,7H2,1-4H3,(H,13,14);1H. The number of hydrogen-bond acceptors (Lipinski definition) is 3. The normalized spacial score (nSPS) is 12.1. The van der Waals surface area contributed by atoms with Crippen LogP contribution in [0.25, 0.3) is 0 Å². The number of rotatable bonds is 5. The van der Waals surface area contributed by atoms with Crippen LogP contribution in [0.1, 0.15) is 19.5 Å². The number of nitrogens with zero attached hydrogens (tertiary/aromatic N) is 2. The van der Waals surface area contributed by atoms with Crippen molar-refractivity contribution in [2.45, 2.75) is 26.4 Å². The first-order valence-corrected chi connectivity index (χ1v) is 5.45. The zero-order valence-electron chi connectivity index (χ0n) is 10.7. The lowest BCUT2D eigenvalue weighted by Crippen LogP contribution is -2.46. The molecule has 1 aromatic rings. The number of halogens is 1. The monoisotopic (exact) mass is 260 g/mol. The van der Waals surface area contributed by atoms with Gasteiger partial charge in [0.05, 0.1) is 6.04 Å². The Hall–Kier alpha value is -1.07. The van der Waals surface area contributed by atoms with Gasteiger partial charge in [0, 0.05) is 32.5 Å². The van der Waals surface area contributed by atoms with Crippen LogP contribution in [0.4, 0.5) is 0 Å². The van der Waals surface area contributed by atoms with Gasteiger partial charge in [0.25, 0.3) is 0 Å². The Morgan fingerprint density at radius 3 is 2.59 bits per heavy atom. The second-order valence-electron chi connectivity index (χ2n) is 4.42. The summed E-state index contributed by atoms with van der Waals surface area (Å²) in [5.74, 6) is 0.368. The summed E-state index contributed by atoms with van der Waals surface area (Å²) in [6.45, 7) is 4.69. The van der Waals surface area contributed by atoms with Gasteiger partial charge in [0.2, 0.25) is 5.91 Å². The van der Waals surface area contributed by atoms with Crippen LogP contribution in [0.2, 0.25) is 0 Å². The summed E-state index contributed by atoms with van der Waals surface area (Å²) in [6, 6.07) is 1.74. The third-order valence-electron chi connectivity index (χ3n) is 2.44. The van der Waals surface area contributed by atoms with Crippen molar-refractivity contribution in [3.63, 3.8) is 0 Å². The predicted molar refractivity (Wildman–Crippen MR) is 70.0 cm³/mol. The highest BCUT2D eigenvalue weighted by molar-refractivity contribution is 5.85. The topological polar surface area (TPSA) is 61.0 Å². The quantitative estimate of drug-likeness (QED) is 0.832. The molecule has 1 atom stereocenters. The smallest absolute Gasteiger partial charge is 0.239 e. The summed E-state index contributed by atoms with van der Waals surface area (Å²) in [5, 5.41) is 9.97. The highest BCUT2D eigenvalue weighted by atomic mass is 35.5. The summed E-state index contributed by atoms with van der Waals surface area (Å²) in [6.07, 6.45) is 1.70. The van der Waals surface area contributed by atoms with Gasteiger partial charge in [0.1, 0.15) is 0 Å². The summed E-state index contributed by atoms with van der Waals surface area (Å²) in [7, 11) is 3.55. The maximum atomic E-state index is 11.9. The minimum absolute atomic E-state index is 0. The molecular weight excluding hydrogens is 240 g/mol. The van der Waals surface area contributed by atoms with Gasteiger partial charge < -0.3 is 4.90 Å². The van der Waals surface area contributed by atoms with Crippen LogP contribution in [-0.2, 0) is 11.3 Å². The molecule has 1 amide bonds. The van der Waals surface area contributed by atoms with Gasteiger partial charge in [-0.15, -0.1) is 12.4 Å². The molecule has 1 heterocycles. The molecule has 0 aliphatic carbocycles. The molecule has 2 N–H and O–H groups in total. The lowest BCUT2D eigenvalue weighted by atomic mass is 10.0. The molecule has 1 aromatic heterocycles. The van der Waals surface area contributed by atoms with E-state index in [2.05, 4.69) is 15.5 Å². The van der Waals surface area contributed by atoms with E-state index >= 15 is 0 Å². The van der Waals surface area contributed by atoms with Crippen molar-refractivity contribution in [3.8, 4) is 0 Å². The number of aromatic amines is 1. The molecule has 0 bridgehead atoms. The number of aromatic nitrogens is 2. The molecular formula is C11H21ClN4O. The number of carbonyl (C=O) groups excluding carboxylic acids is 1. The van der Waals surface area contributed by atoms with Crippen molar-refractivity contribution >= 4 is 18.3 Å². The molecule has 17 heavy (non-hydrogen) atoms. The molecule has 0 fully saturated rings. The van der Waals surface area contributed by atoms with Crippen molar-refractivity contribution in [2.24, 2.45) is 5.92 Å². The van der Waals surface area contributed by atoms with Crippen LogP contribution in [0.3, 0.4) is 0 Å². The van der Waals surface area contributed by atoms with E-state index in [4.69, 9.17) is 0 Å². The van der Waals surface area contributed by atoms with Gasteiger partial charge in [-0.05, 0) is 12.0 Å². The van der Waals surface area contributed by atoms with Crippen molar-refractivity contribution in [1.29, 1.82) is 0 Å². The molecule has 0 spiro atoms. The number of hydrogen-bond donors (Lipinski definition) is 2. The Balaban J connectivity index is 0.00000256. The number of nitrogens with one attached hydrogen (secondary N) is 2. The van der Waals surface area contributed by atoms with Crippen LogP contribution in [0.15, 0.2) is 12.3 Å². The third kappa shape index (κ3) is 4.75. The fraction of sp³-hybridized carbons (Fsp3) is 0.636. The number of H-pyrrole nitrogens is 1. The lowest BCUT2D eigenvalue weighted by Gasteiger charge is -2.24. The van der Waals surface area contributed by atoms with Crippen molar-refractivity contribution in [2.75, 3.05) is 14.1 Å². The maximum Gasteiger partial charge on any atom is 0.239 e. The molecule has 0 saturated heterocycles. The first-order chi connectivity index (χ1) is 7.52. The highest BCUT2D eigenvalue weighted by Crippen LogP contribution is 2.05. The zero-order valence-corrected chi connectivity index (χ0v) is 11.5. The Morgan fingerprint density at radius 2 is 2.18 bits per heavy atom. The average Bonchev–Trinajstić information content (AvgIpc) is 2.69. The van der Waals surface area contributed by atoms with Crippen molar-refractivity contribution in [3.05, 3.63) is 18.0 Å². The Morgan fingerprint density at radius 1 is 1.53 bits per heavy atom. The first kappa shape index (κ1) is 15.9. The van der Waals surface area contributed by atoms with Crippen molar-refractivity contribution in [1.82, 2.24) is 20.4 Å². The Kier molecular flexibility index (Phi) is 6.83. The lowest BCUT2D eigenvalue weighted by molar-refractivity contribution is -0.132.